The highest BCUT2D eigenvalue weighted by molar-refractivity contribution is 7.87. The van der Waals surface area contributed by atoms with E-state index in [9.17, 15) is 13.2 Å². The molecule has 0 aliphatic carbocycles. The summed E-state index contributed by atoms with van der Waals surface area (Å²) in [7, 11) is -0.776. The normalized spacial score (nSPS) is 13.4. The highest BCUT2D eigenvalue weighted by Gasteiger charge is 2.19. The molecule has 0 heterocycles. The van der Waals surface area contributed by atoms with Crippen molar-refractivity contribution in [3.63, 3.8) is 0 Å². The number of rotatable bonds is 11. The third-order valence-electron chi connectivity index (χ3n) is 3.37. The van der Waals surface area contributed by atoms with Crippen LogP contribution in [0.5, 0.6) is 0 Å². The van der Waals surface area contributed by atoms with Gasteiger partial charge in [0, 0.05) is 20.1 Å². The van der Waals surface area contributed by atoms with E-state index in [1.165, 1.54) is 14.2 Å². The molecule has 0 spiro atoms. The van der Waals surface area contributed by atoms with E-state index >= 15 is 0 Å². The molecular formula is C13H28N2O4S. The van der Waals surface area contributed by atoms with Crippen LogP contribution >= 0.6 is 0 Å². The summed E-state index contributed by atoms with van der Waals surface area (Å²) < 4.78 is 32.2. The van der Waals surface area contributed by atoms with Crippen LogP contribution in [0.1, 0.15) is 46.0 Å². The van der Waals surface area contributed by atoms with Gasteiger partial charge in [-0.1, -0.05) is 33.1 Å². The minimum Gasteiger partial charge on any atom is -0.469 e. The number of methoxy groups -OCH3 is 1. The summed E-state index contributed by atoms with van der Waals surface area (Å²) >= 11 is 0. The van der Waals surface area contributed by atoms with Crippen LogP contribution in [0.15, 0.2) is 0 Å². The molecule has 0 bridgehead atoms. The van der Waals surface area contributed by atoms with Crippen LogP contribution in [0.4, 0.5) is 0 Å². The molecule has 0 aromatic carbocycles. The van der Waals surface area contributed by atoms with Gasteiger partial charge >= 0.3 is 5.97 Å². The second-order valence-electron chi connectivity index (χ2n) is 4.92. The smallest absolute Gasteiger partial charge is 0.306 e. The van der Waals surface area contributed by atoms with Crippen molar-refractivity contribution in [3.05, 3.63) is 0 Å². The van der Waals surface area contributed by atoms with Gasteiger partial charge in [0.1, 0.15) is 0 Å². The van der Waals surface area contributed by atoms with Crippen LogP contribution in [0, 0.1) is 5.92 Å². The van der Waals surface area contributed by atoms with Crippen molar-refractivity contribution in [1.82, 2.24) is 9.03 Å². The fourth-order valence-corrected chi connectivity index (χ4v) is 2.75. The van der Waals surface area contributed by atoms with Crippen molar-refractivity contribution in [2.45, 2.75) is 46.0 Å². The number of carbonyl (C=O) groups is 1. The maximum absolute atomic E-state index is 12.0. The predicted molar refractivity (Wildman–Crippen MR) is 79.5 cm³/mol. The van der Waals surface area contributed by atoms with Gasteiger partial charge in [-0.05, 0) is 12.3 Å². The van der Waals surface area contributed by atoms with E-state index in [2.05, 4.69) is 23.3 Å². The first-order chi connectivity index (χ1) is 9.37. The third kappa shape index (κ3) is 7.81. The lowest BCUT2D eigenvalue weighted by molar-refractivity contribution is -0.140. The van der Waals surface area contributed by atoms with Crippen LogP contribution in [0.3, 0.4) is 0 Å². The Kier molecular flexibility index (Phi) is 9.79. The molecule has 7 heteroatoms. The zero-order valence-corrected chi connectivity index (χ0v) is 13.8. The first-order valence-electron chi connectivity index (χ1n) is 7.15. The van der Waals surface area contributed by atoms with Crippen molar-refractivity contribution in [2.24, 2.45) is 5.92 Å². The van der Waals surface area contributed by atoms with E-state index in [-0.39, 0.29) is 13.0 Å². The fraction of sp³-hybridized carbons (Fsp3) is 0.923. The highest BCUT2D eigenvalue weighted by Crippen LogP contribution is 2.12. The number of nitrogens with one attached hydrogen (secondary N) is 1. The molecular weight excluding hydrogens is 280 g/mol. The lowest BCUT2D eigenvalue weighted by Crippen LogP contribution is -2.41. The predicted octanol–water partition coefficient (Wildman–Crippen LogP) is 1.53. The van der Waals surface area contributed by atoms with Crippen LogP contribution in [0.25, 0.3) is 0 Å². The van der Waals surface area contributed by atoms with E-state index in [0.29, 0.717) is 12.5 Å². The monoisotopic (exact) mass is 308 g/mol. The van der Waals surface area contributed by atoms with Gasteiger partial charge in [-0.25, -0.2) is 4.72 Å². The van der Waals surface area contributed by atoms with Crippen LogP contribution < -0.4 is 4.72 Å². The topological polar surface area (TPSA) is 75.7 Å². The summed E-state index contributed by atoms with van der Waals surface area (Å²) in [5, 5.41) is 0. The van der Waals surface area contributed by atoms with E-state index in [0.717, 1.165) is 30.0 Å². The van der Waals surface area contributed by atoms with Crippen molar-refractivity contribution in [2.75, 3.05) is 27.2 Å². The Labute approximate surface area is 123 Å². The van der Waals surface area contributed by atoms with Crippen LogP contribution in [-0.2, 0) is 19.7 Å². The molecule has 0 amide bonds. The number of esters is 1. The molecule has 6 nitrogen and oxygen atoms in total. The molecule has 120 valence electrons. The summed E-state index contributed by atoms with van der Waals surface area (Å²) in [6.45, 7) is 4.75. The largest absolute Gasteiger partial charge is 0.469 e. The van der Waals surface area contributed by atoms with Gasteiger partial charge in [0.25, 0.3) is 10.2 Å². The molecule has 0 aromatic rings. The lowest BCUT2D eigenvalue weighted by atomic mass is 10.00. The molecule has 0 rings (SSSR count). The summed E-state index contributed by atoms with van der Waals surface area (Å²) in [5.74, 6) is -0.0554. The zero-order chi connectivity index (χ0) is 15.6. The quantitative estimate of drug-likeness (QED) is 0.587. The van der Waals surface area contributed by atoms with Gasteiger partial charge in [-0.3, -0.25) is 4.79 Å². The Morgan fingerprint density at radius 3 is 2.50 bits per heavy atom. The maximum Gasteiger partial charge on any atom is 0.306 e. The molecule has 0 aliphatic rings. The molecule has 20 heavy (non-hydrogen) atoms. The summed E-state index contributed by atoms with van der Waals surface area (Å²) in [4.78, 5) is 11.0. The molecule has 1 atom stereocenters. The number of unbranched alkanes of at least 4 members (excludes halogenated alkanes) is 1. The second kappa shape index (κ2) is 10.1. The standard InChI is InChI=1S/C13H28N2O4S/c1-5-7-8-12(6-2)11-14-20(17,18)15(3)10-9-13(16)19-4/h12,14H,5-11H2,1-4H3. The van der Waals surface area contributed by atoms with Crippen molar-refractivity contribution < 1.29 is 17.9 Å². The Hall–Kier alpha value is -0.660. The van der Waals surface area contributed by atoms with Gasteiger partial charge in [0.2, 0.25) is 0 Å². The van der Waals surface area contributed by atoms with E-state index in [4.69, 9.17) is 0 Å². The third-order valence-corrected chi connectivity index (χ3v) is 4.90. The number of ether oxygens (including phenoxy) is 1. The summed E-state index contributed by atoms with van der Waals surface area (Å²) in [6, 6.07) is 0. The molecule has 0 saturated heterocycles. The molecule has 1 N–H and O–H groups in total. The van der Waals surface area contributed by atoms with Crippen molar-refractivity contribution in [3.8, 4) is 0 Å². The molecule has 0 radical (unpaired) electrons. The van der Waals surface area contributed by atoms with E-state index in [1.54, 1.807) is 0 Å². The van der Waals surface area contributed by atoms with E-state index < -0.39 is 16.2 Å². The summed E-state index contributed by atoms with van der Waals surface area (Å²) in [5.41, 5.74) is 0. The van der Waals surface area contributed by atoms with Gasteiger partial charge < -0.3 is 4.74 Å². The molecule has 0 fully saturated rings. The molecule has 0 aromatic heterocycles. The maximum atomic E-state index is 12.0. The van der Waals surface area contributed by atoms with Crippen LogP contribution in [0.2, 0.25) is 0 Å². The Balaban J connectivity index is 4.24. The Morgan fingerprint density at radius 1 is 1.35 bits per heavy atom. The average molecular weight is 308 g/mol. The lowest BCUT2D eigenvalue weighted by Gasteiger charge is -2.20. The molecule has 0 aliphatic heterocycles. The Morgan fingerprint density at radius 2 is 2.00 bits per heavy atom. The number of hydrogen-bond donors (Lipinski definition) is 1. The minimum atomic E-state index is -3.52. The summed E-state index contributed by atoms with van der Waals surface area (Å²) in [6.07, 6.45) is 4.26. The SMILES string of the molecule is CCCCC(CC)CNS(=O)(=O)N(C)CCC(=O)OC. The van der Waals surface area contributed by atoms with Gasteiger partial charge in [-0.2, -0.15) is 12.7 Å². The van der Waals surface area contributed by atoms with Gasteiger partial charge in [0.05, 0.1) is 13.5 Å². The van der Waals surface area contributed by atoms with Crippen molar-refractivity contribution in [1.29, 1.82) is 0 Å². The molecule has 0 saturated carbocycles. The number of nitrogens with zero attached hydrogens (tertiary/aromatic N) is 1. The fourth-order valence-electron chi connectivity index (χ4n) is 1.75. The average Bonchev–Trinajstić information content (AvgIpc) is 2.44. The van der Waals surface area contributed by atoms with Gasteiger partial charge in [0.15, 0.2) is 0 Å². The first kappa shape index (κ1) is 19.3. The molecule has 1 unspecified atom stereocenters. The van der Waals surface area contributed by atoms with Crippen LogP contribution in [-0.4, -0.2) is 45.9 Å². The van der Waals surface area contributed by atoms with E-state index in [1.807, 2.05) is 0 Å². The van der Waals surface area contributed by atoms with Gasteiger partial charge in [-0.15, -0.1) is 0 Å². The highest BCUT2D eigenvalue weighted by atomic mass is 32.2. The number of hydrogen-bond acceptors (Lipinski definition) is 4. The number of carbonyl (C=O) groups excluding carboxylic acids is 1. The first-order valence-corrected chi connectivity index (χ1v) is 8.59. The second-order valence-corrected chi connectivity index (χ2v) is 6.78. The zero-order valence-electron chi connectivity index (χ0n) is 13.0. The van der Waals surface area contributed by atoms with Crippen molar-refractivity contribution >= 4 is 16.2 Å². The minimum absolute atomic E-state index is 0.0565. The Bertz CT molecular complexity index is 371.